The second kappa shape index (κ2) is 5.53. The number of aliphatic carboxylic acids is 1. The molecule has 0 aliphatic carbocycles. The Kier molecular flexibility index (Phi) is 7.75. The van der Waals surface area contributed by atoms with E-state index in [0.717, 1.165) is 0 Å². The predicted octanol–water partition coefficient (Wildman–Crippen LogP) is -1.99. The second-order valence-electron chi connectivity index (χ2n) is 1.13. The Bertz CT molecular complexity index is 76.9. The number of aliphatic hydroxyl groups excluding tert-OH is 1. The van der Waals surface area contributed by atoms with Gasteiger partial charge in [0.05, 0.1) is 6.61 Å². The van der Waals surface area contributed by atoms with E-state index in [1.807, 2.05) is 0 Å². The van der Waals surface area contributed by atoms with Crippen LogP contribution in [0.3, 0.4) is 0 Å². The van der Waals surface area contributed by atoms with E-state index in [1.165, 1.54) is 0 Å². The summed E-state index contributed by atoms with van der Waals surface area (Å²) in [6.45, 7) is -0.505. The van der Waals surface area contributed by atoms with Gasteiger partial charge >= 0.3 is 5.97 Å². The maximum atomic E-state index is 9.65. The summed E-state index contributed by atoms with van der Waals surface area (Å²) in [7, 11) is 0. The number of aliphatic hydroxyl groups is 1. The smallest absolute Gasteiger partial charge is 0.322 e. The van der Waals surface area contributed by atoms with Gasteiger partial charge in [-0.1, -0.05) is 0 Å². The minimum absolute atomic E-state index is 0. The molecule has 0 bridgehead atoms. The molecule has 0 aromatic carbocycles. The van der Waals surface area contributed by atoms with E-state index < -0.39 is 18.6 Å². The van der Waals surface area contributed by atoms with Crippen LogP contribution in [0.25, 0.3) is 0 Å². The van der Waals surface area contributed by atoms with Crippen LogP contribution >= 0.6 is 0 Å². The van der Waals surface area contributed by atoms with Crippen LogP contribution in [0.2, 0.25) is 0 Å². The molecule has 0 aromatic heterocycles. The molecule has 0 fully saturated rings. The second-order valence-corrected chi connectivity index (χ2v) is 1.13. The molecule has 0 rings (SSSR count). The number of carboxylic acids is 1. The third-order valence-corrected chi connectivity index (χ3v) is 0.514. The number of carbonyl (C=O) groups is 1. The zero-order valence-corrected chi connectivity index (χ0v) is 6.66. The summed E-state index contributed by atoms with van der Waals surface area (Å²) in [6, 6.07) is -1.13. The first-order valence-electron chi connectivity index (χ1n) is 1.77. The largest absolute Gasteiger partial charge is 0.480 e. The van der Waals surface area contributed by atoms with E-state index in [-0.39, 0.29) is 29.6 Å². The van der Waals surface area contributed by atoms with Gasteiger partial charge in [0.25, 0.3) is 0 Å². The summed E-state index contributed by atoms with van der Waals surface area (Å²) in [4.78, 5) is 9.65. The van der Waals surface area contributed by atoms with Crippen LogP contribution in [-0.4, -0.2) is 58.4 Å². The fraction of sp³-hybridized carbons (Fsp3) is 0.667. The molecule has 0 aliphatic rings. The van der Waals surface area contributed by atoms with E-state index in [0.29, 0.717) is 0 Å². The van der Waals surface area contributed by atoms with Gasteiger partial charge in [0.15, 0.2) is 0 Å². The van der Waals surface area contributed by atoms with Crippen molar-refractivity contribution in [1.29, 1.82) is 0 Å². The first kappa shape index (κ1) is 11.2. The number of hydrogen-bond donors (Lipinski definition) is 3. The molecule has 4 nitrogen and oxygen atoms in total. The van der Waals surface area contributed by atoms with Crippen LogP contribution in [0, 0.1) is 0 Å². The molecule has 8 heavy (non-hydrogen) atoms. The zero-order valence-electron chi connectivity index (χ0n) is 4.66. The Balaban J connectivity index is 0. The zero-order chi connectivity index (χ0) is 5.86. The minimum atomic E-state index is -1.18. The molecule has 1 radical (unpaired) electrons. The molecule has 43 valence electrons. The van der Waals surface area contributed by atoms with Gasteiger partial charge in [-0.05, 0) is 0 Å². The molecule has 1 atom stereocenters. The van der Waals surface area contributed by atoms with Crippen LogP contribution in [0.4, 0.5) is 0 Å². The molecule has 0 unspecified atom stereocenters. The van der Waals surface area contributed by atoms with Crippen molar-refractivity contribution in [1.82, 2.24) is 0 Å². The van der Waals surface area contributed by atoms with Gasteiger partial charge in [-0.3, -0.25) is 4.79 Å². The van der Waals surface area contributed by atoms with Crippen LogP contribution in [0.15, 0.2) is 0 Å². The first-order valence-corrected chi connectivity index (χ1v) is 1.77. The fourth-order valence-electron chi connectivity index (χ4n) is 0.0781. The Hall–Kier alpha value is 0.390. The monoisotopic (exact) mass is 128 g/mol. The van der Waals surface area contributed by atoms with Gasteiger partial charge in [-0.25, -0.2) is 0 Å². The van der Waals surface area contributed by atoms with Crippen molar-refractivity contribution in [2.75, 3.05) is 6.61 Å². The quantitative estimate of drug-likeness (QED) is 0.376. The fourth-order valence-corrected chi connectivity index (χ4v) is 0.0781. The summed E-state index contributed by atoms with van der Waals surface area (Å²) in [5.74, 6) is -1.18. The van der Waals surface area contributed by atoms with Crippen molar-refractivity contribution >= 4 is 35.5 Å². The summed E-state index contributed by atoms with van der Waals surface area (Å²) < 4.78 is 0. The van der Waals surface area contributed by atoms with Crippen LogP contribution in [-0.2, 0) is 4.79 Å². The maximum Gasteiger partial charge on any atom is 0.322 e. The van der Waals surface area contributed by atoms with Crippen molar-refractivity contribution in [3.63, 3.8) is 0 Å². The number of rotatable bonds is 2. The van der Waals surface area contributed by atoms with Gasteiger partial charge in [0.1, 0.15) is 6.04 Å². The molecule has 0 saturated carbocycles. The number of hydrogen-bond acceptors (Lipinski definition) is 3. The van der Waals surface area contributed by atoms with Crippen molar-refractivity contribution in [2.45, 2.75) is 6.04 Å². The molecule has 0 amide bonds. The van der Waals surface area contributed by atoms with E-state index in [1.54, 1.807) is 0 Å². The average Bonchev–Trinajstić information content (AvgIpc) is 1.65. The molecule has 0 heterocycles. The normalized spacial score (nSPS) is 11.8. The maximum absolute atomic E-state index is 9.65. The van der Waals surface area contributed by atoms with Crippen molar-refractivity contribution in [3.8, 4) is 0 Å². The molecular weight excluding hydrogens is 121 g/mol. The Labute approximate surface area is 69.0 Å². The molecule has 0 spiro atoms. The van der Waals surface area contributed by atoms with E-state index in [4.69, 9.17) is 15.9 Å². The first-order chi connectivity index (χ1) is 3.18. The van der Waals surface area contributed by atoms with E-state index >= 15 is 0 Å². The van der Waals surface area contributed by atoms with Gasteiger partial charge in [-0.15, -0.1) is 0 Å². The minimum Gasteiger partial charge on any atom is -0.480 e. The average molecular weight is 128 g/mol. The van der Waals surface area contributed by atoms with Gasteiger partial charge in [0, 0.05) is 29.6 Å². The molecule has 4 N–H and O–H groups in total. The van der Waals surface area contributed by atoms with Gasteiger partial charge in [0.2, 0.25) is 0 Å². The summed E-state index contributed by atoms with van der Waals surface area (Å²) in [5.41, 5.74) is 4.77. The Morgan fingerprint density at radius 2 is 2.12 bits per heavy atom. The van der Waals surface area contributed by atoms with Crippen molar-refractivity contribution < 1.29 is 15.0 Å². The van der Waals surface area contributed by atoms with Crippen LogP contribution in [0.5, 0.6) is 0 Å². The molecular formula is C3H7NNaO3. The SMILES string of the molecule is N[C@H](CO)C(=O)O.[Na]. The van der Waals surface area contributed by atoms with Crippen molar-refractivity contribution in [2.24, 2.45) is 5.73 Å². The Morgan fingerprint density at radius 3 is 2.12 bits per heavy atom. The molecule has 0 saturated heterocycles. The third-order valence-electron chi connectivity index (χ3n) is 0.514. The van der Waals surface area contributed by atoms with Crippen LogP contribution in [0.1, 0.15) is 0 Å². The summed E-state index contributed by atoms with van der Waals surface area (Å²) >= 11 is 0. The standard InChI is InChI=1S/C3H7NO3.Na/c4-2(1-5)3(6)7;/h2,5H,1,4H2,(H,6,7);/t2-;/m1./s1. The Morgan fingerprint density at radius 1 is 1.75 bits per heavy atom. The predicted molar refractivity (Wildman–Crippen MR) is 28.5 cm³/mol. The summed E-state index contributed by atoms with van der Waals surface area (Å²) in [5, 5.41) is 15.9. The summed E-state index contributed by atoms with van der Waals surface area (Å²) in [6.07, 6.45) is 0. The topological polar surface area (TPSA) is 83.5 Å². The van der Waals surface area contributed by atoms with Crippen molar-refractivity contribution in [3.05, 3.63) is 0 Å². The van der Waals surface area contributed by atoms with Crippen LogP contribution < -0.4 is 5.73 Å². The number of nitrogens with two attached hydrogens (primary N) is 1. The van der Waals surface area contributed by atoms with Gasteiger partial charge < -0.3 is 15.9 Å². The van der Waals surface area contributed by atoms with Gasteiger partial charge in [-0.2, -0.15) is 0 Å². The molecule has 5 heteroatoms. The molecule has 0 aliphatic heterocycles. The molecule has 0 aromatic rings. The number of carboxylic acid groups (broad SMARTS) is 1. The van der Waals surface area contributed by atoms with E-state index in [9.17, 15) is 4.79 Å². The van der Waals surface area contributed by atoms with E-state index in [2.05, 4.69) is 0 Å². The third kappa shape index (κ3) is 4.55.